The number of aromatic nitrogens is 3. The third kappa shape index (κ3) is 4.27. The van der Waals surface area contributed by atoms with Crippen LogP contribution in [0.1, 0.15) is 13.7 Å². The van der Waals surface area contributed by atoms with Crippen LogP contribution in [0.5, 0.6) is 0 Å². The topological polar surface area (TPSA) is 51.8 Å². The Labute approximate surface area is 273 Å². The summed E-state index contributed by atoms with van der Waals surface area (Å²) < 4.78 is 93.8. The number of fused-ring (bicyclic) bond motifs is 6. The fourth-order valence-corrected chi connectivity index (χ4v) is 5.80. The van der Waals surface area contributed by atoms with Crippen molar-refractivity contribution >= 4 is 43.5 Å². The van der Waals surface area contributed by atoms with Gasteiger partial charge in [0.05, 0.1) is 13.7 Å². The monoisotopic (exact) mass is 585 g/mol. The number of para-hydroxylation sites is 1. The van der Waals surface area contributed by atoms with Gasteiger partial charge in [-0.1, -0.05) is 133 Å². The predicted molar refractivity (Wildman–Crippen MR) is 184 cm³/mol. The van der Waals surface area contributed by atoms with E-state index in [-0.39, 0.29) is 52.3 Å². The maximum absolute atomic E-state index is 9.31. The normalized spacial score (nSPS) is 14.7. The maximum Gasteiger partial charge on any atom is 0.164 e. The quantitative estimate of drug-likeness (QED) is 0.193. The van der Waals surface area contributed by atoms with Crippen molar-refractivity contribution in [1.29, 1.82) is 0 Å². The number of hydrogen-bond acceptors (Lipinski definition) is 4. The van der Waals surface area contributed by atoms with Crippen LogP contribution in [-0.4, -0.2) is 15.0 Å². The van der Waals surface area contributed by atoms with Gasteiger partial charge >= 0.3 is 0 Å². The van der Waals surface area contributed by atoms with E-state index in [1.54, 1.807) is 36.4 Å². The molecule has 210 valence electrons. The minimum absolute atomic E-state index is 0.0445. The molecule has 7 aromatic carbocycles. The Morgan fingerprint density at radius 3 is 1.93 bits per heavy atom. The van der Waals surface area contributed by atoms with E-state index < -0.39 is 42.3 Å². The fourth-order valence-electron chi connectivity index (χ4n) is 5.80. The lowest BCUT2D eigenvalue weighted by Crippen LogP contribution is -2.00. The van der Waals surface area contributed by atoms with E-state index in [1.165, 1.54) is 0 Å². The number of nitrogens with zero attached hydrogens (tertiary/aromatic N) is 3. The zero-order valence-corrected chi connectivity index (χ0v) is 23.4. The first-order valence-electron chi connectivity index (χ1n) is 19.2. The zero-order chi connectivity index (χ0) is 38.4. The Morgan fingerprint density at radius 2 is 1.11 bits per heavy atom. The summed E-state index contributed by atoms with van der Waals surface area (Å²) >= 11 is 0. The molecule has 0 bridgehead atoms. The maximum atomic E-state index is 9.31. The molecule has 0 spiro atoms. The summed E-state index contributed by atoms with van der Waals surface area (Å²) in [5.41, 5.74) is 1.33. The van der Waals surface area contributed by atoms with E-state index in [2.05, 4.69) is 9.97 Å². The second-order valence-electron chi connectivity index (χ2n) is 10.5. The summed E-state index contributed by atoms with van der Waals surface area (Å²) in [6.45, 7) is 0. The van der Waals surface area contributed by atoms with Crippen LogP contribution in [0.15, 0.2) is 156 Å². The summed E-state index contributed by atoms with van der Waals surface area (Å²) in [5.74, 6) is -0.675. The van der Waals surface area contributed by atoms with E-state index >= 15 is 0 Å². The fraction of sp³-hybridized carbons (Fsp3) is 0. The first-order valence-corrected chi connectivity index (χ1v) is 14.2. The van der Waals surface area contributed by atoms with Gasteiger partial charge in [-0.2, -0.15) is 0 Å². The summed E-state index contributed by atoms with van der Waals surface area (Å²) in [7, 11) is 0. The van der Waals surface area contributed by atoms with Crippen LogP contribution in [0.2, 0.25) is 0 Å². The lowest BCUT2D eigenvalue weighted by molar-refractivity contribution is 0.669. The lowest BCUT2D eigenvalue weighted by atomic mass is 9.93. The van der Waals surface area contributed by atoms with E-state index in [0.29, 0.717) is 33.1 Å². The van der Waals surface area contributed by atoms with Crippen molar-refractivity contribution in [3.05, 3.63) is 151 Å². The Morgan fingerprint density at radius 1 is 0.444 bits per heavy atom. The van der Waals surface area contributed by atoms with Crippen LogP contribution in [0.4, 0.5) is 0 Å². The van der Waals surface area contributed by atoms with Crippen molar-refractivity contribution in [1.82, 2.24) is 15.0 Å². The molecule has 0 radical (unpaired) electrons. The molecule has 2 aromatic heterocycles. The van der Waals surface area contributed by atoms with Crippen molar-refractivity contribution in [2.24, 2.45) is 0 Å². The van der Waals surface area contributed by atoms with Gasteiger partial charge in [0.2, 0.25) is 0 Å². The summed E-state index contributed by atoms with van der Waals surface area (Å²) in [5, 5.41) is 4.60. The zero-order valence-electron chi connectivity index (χ0n) is 33.4. The van der Waals surface area contributed by atoms with E-state index in [4.69, 9.17) is 17.6 Å². The molecule has 0 saturated heterocycles. The second kappa shape index (κ2) is 10.2. The van der Waals surface area contributed by atoms with Gasteiger partial charge in [-0.15, -0.1) is 0 Å². The average Bonchev–Trinajstić information content (AvgIpc) is 3.57. The number of furan rings is 1. The van der Waals surface area contributed by atoms with Gasteiger partial charge in [-0.25, -0.2) is 15.0 Å². The Bertz CT molecular complexity index is 3070. The highest BCUT2D eigenvalue weighted by atomic mass is 16.3. The predicted octanol–water partition coefficient (Wildman–Crippen LogP) is 10.7. The summed E-state index contributed by atoms with van der Waals surface area (Å²) in [4.78, 5) is 13.9. The first kappa shape index (κ1) is 17.2. The number of rotatable bonds is 4. The van der Waals surface area contributed by atoms with Crippen molar-refractivity contribution in [2.45, 2.75) is 0 Å². The molecule has 0 aliphatic heterocycles. The molecule has 0 N–H and O–H groups in total. The van der Waals surface area contributed by atoms with E-state index in [0.717, 1.165) is 21.5 Å². The molecule has 0 unspecified atom stereocenters. The van der Waals surface area contributed by atoms with Gasteiger partial charge < -0.3 is 4.42 Å². The third-order valence-electron chi connectivity index (χ3n) is 7.83. The highest BCUT2D eigenvalue weighted by Gasteiger charge is 2.18. The standard InChI is InChI=1S/C41H25N3O/c1-2-11-27(12-3-1)39-42-40(44-41(43-39)34-18-10-20-37-38(34)33-17-8-9-19-36(33)45-37)28-23-21-26(22-24-28)35-25-29-13-4-5-14-30(29)31-15-6-7-16-32(31)35/h1-25H/i1D,2D,3D,8D,11D,12D,21D,22D,23D,24D. The van der Waals surface area contributed by atoms with Gasteiger partial charge in [0.15, 0.2) is 17.5 Å². The van der Waals surface area contributed by atoms with Gasteiger partial charge in [-0.3, -0.25) is 0 Å². The van der Waals surface area contributed by atoms with Crippen LogP contribution in [0.3, 0.4) is 0 Å². The summed E-state index contributed by atoms with van der Waals surface area (Å²) in [6, 6.07) is 22.9. The van der Waals surface area contributed by atoms with Gasteiger partial charge in [0.25, 0.3) is 0 Å². The van der Waals surface area contributed by atoms with Crippen LogP contribution in [0, 0.1) is 0 Å². The third-order valence-corrected chi connectivity index (χ3v) is 7.83. The Balaban J connectivity index is 1.35. The van der Waals surface area contributed by atoms with Crippen LogP contribution in [0.25, 0.3) is 88.8 Å². The average molecular weight is 586 g/mol. The first-order chi connectivity index (χ1) is 26.4. The Hall–Kier alpha value is -6.13. The molecule has 0 amide bonds. The molecule has 0 saturated carbocycles. The lowest BCUT2D eigenvalue weighted by Gasteiger charge is -2.12. The van der Waals surface area contributed by atoms with Crippen molar-refractivity contribution in [3.8, 4) is 45.3 Å². The molecule has 0 atom stereocenters. The highest BCUT2D eigenvalue weighted by molar-refractivity contribution is 6.14. The smallest absolute Gasteiger partial charge is 0.164 e. The van der Waals surface area contributed by atoms with Crippen LogP contribution >= 0.6 is 0 Å². The summed E-state index contributed by atoms with van der Waals surface area (Å²) in [6.07, 6.45) is 0. The van der Waals surface area contributed by atoms with Crippen molar-refractivity contribution in [3.63, 3.8) is 0 Å². The van der Waals surface area contributed by atoms with E-state index in [1.807, 2.05) is 54.6 Å². The van der Waals surface area contributed by atoms with Gasteiger partial charge in [0, 0.05) is 27.5 Å². The van der Waals surface area contributed by atoms with E-state index in [9.17, 15) is 5.48 Å². The van der Waals surface area contributed by atoms with Gasteiger partial charge in [0.1, 0.15) is 11.2 Å². The molecule has 45 heavy (non-hydrogen) atoms. The van der Waals surface area contributed by atoms with Crippen molar-refractivity contribution < 1.29 is 18.1 Å². The minimum atomic E-state index is -0.610. The molecule has 0 aliphatic carbocycles. The minimum Gasteiger partial charge on any atom is -0.456 e. The largest absolute Gasteiger partial charge is 0.456 e. The molecular weight excluding hydrogens is 550 g/mol. The van der Waals surface area contributed by atoms with Crippen LogP contribution < -0.4 is 0 Å². The molecule has 4 heteroatoms. The molecule has 0 fully saturated rings. The molecule has 9 rings (SSSR count). The Kier molecular flexibility index (Phi) is 3.93. The molecule has 0 aliphatic rings. The molecular formula is C41H25N3O. The molecule has 9 aromatic rings. The molecule has 2 heterocycles. The van der Waals surface area contributed by atoms with Crippen molar-refractivity contribution in [2.75, 3.05) is 0 Å². The molecule has 4 nitrogen and oxygen atoms in total. The highest BCUT2D eigenvalue weighted by Crippen LogP contribution is 2.38. The number of benzene rings is 7. The number of hydrogen-bond donors (Lipinski definition) is 0. The second-order valence-corrected chi connectivity index (χ2v) is 10.5. The SMILES string of the molecule is [2H]c1ccc2oc3cccc(-c4nc(-c5c([2H])c([2H])c([2H])c([2H])c5[2H])nc(-c5c([2H])c([2H])c(-c6cc7ccccc7c7ccccc67)c([2H])c5[2H])n4)c3c2c1. The van der Waals surface area contributed by atoms with Crippen LogP contribution in [-0.2, 0) is 0 Å². The van der Waals surface area contributed by atoms with Gasteiger partial charge in [-0.05, 0) is 50.9 Å².